The number of hydrogen-bond donors (Lipinski definition) is 1. The van der Waals surface area contributed by atoms with Crippen molar-refractivity contribution in [1.29, 1.82) is 0 Å². The molecule has 0 bridgehead atoms. The van der Waals surface area contributed by atoms with E-state index in [1.807, 2.05) is 18.5 Å². The lowest BCUT2D eigenvalue weighted by Gasteiger charge is -2.30. The second kappa shape index (κ2) is 6.04. The summed E-state index contributed by atoms with van der Waals surface area (Å²) in [4.78, 5) is 6.73. The molecule has 1 aromatic rings. The fourth-order valence-electron chi connectivity index (χ4n) is 2.42. The van der Waals surface area contributed by atoms with E-state index in [1.54, 1.807) is 0 Å². The van der Waals surface area contributed by atoms with Gasteiger partial charge in [-0.15, -0.1) is 0 Å². The van der Waals surface area contributed by atoms with E-state index in [1.165, 1.54) is 17.7 Å². The largest absolute Gasteiger partial charge is 0.329 e. The van der Waals surface area contributed by atoms with Crippen molar-refractivity contribution in [2.45, 2.75) is 31.1 Å². The lowest BCUT2D eigenvalue weighted by atomic mass is 10.1. The van der Waals surface area contributed by atoms with E-state index < -0.39 is 0 Å². The number of pyridine rings is 1. The van der Waals surface area contributed by atoms with Crippen LogP contribution in [0.25, 0.3) is 0 Å². The molecule has 1 aliphatic rings. The second-order valence-corrected chi connectivity index (χ2v) is 7.23. The van der Waals surface area contributed by atoms with E-state index in [-0.39, 0.29) is 0 Å². The van der Waals surface area contributed by atoms with Crippen molar-refractivity contribution in [3.63, 3.8) is 0 Å². The highest BCUT2D eigenvalue weighted by Gasteiger charge is 2.27. The summed E-state index contributed by atoms with van der Waals surface area (Å²) in [6.45, 7) is 7.57. The summed E-state index contributed by atoms with van der Waals surface area (Å²) in [5.74, 6) is 1.18. The monoisotopic (exact) mass is 265 g/mol. The second-order valence-electron chi connectivity index (χ2n) is 5.43. The van der Waals surface area contributed by atoms with Gasteiger partial charge >= 0.3 is 0 Å². The fraction of sp³-hybridized carbons (Fsp3) is 0.643. The van der Waals surface area contributed by atoms with Crippen molar-refractivity contribution in [3.05, 3.63) is 30.1 Å². The first-order valence-corrected chi connectivity index (χ1v) is 7.59. The molecule has 0 radical (unpaired) electrons. The van der Waals surface area contributed by atoms with Gasteiger partial charge in [0.15, 0.2) is 0 Å². The van der Waals surface area contributed by atoms with Crippen LogP contribution in [0.5, 0.6) is 0 Å². The molecule has 1 atom stereocenters. The third-order valence-corrected chi connectivity index (χ3v) is 4.98. The Morgan fingerprint density at radius 3 is 3.00 bits per heavy atom. The zero-order chi connectivity index (χ0) is 13.0. The summed E-state index contributed by atoms with van der Waals surface area (Å²) in [5, 5.41) is 0. The highest BCUT2D eigenvalue weighted by Crippen LogP contribution is 2.33. The zero-order valence-corrected chi connectivity index (χ0v) is 12.1. The first-order chi connectivity index (χ1) is 8.62. The number of thioether (sulfide) groups is 1. The number of rotatable bonds is 3. The average Bonchev–Trinajstić information content (AvgIpc) is 2.54. The normalized spacial score (nSPS) is 22.4. The lowest BCUT2D eigenvalue weighted by molar-refractivity contribution is 0.210. The predicted molar refractivity (Wildman–Crippen MR) is 78.8 cm³/mol. The summed E-state index contributed by atoms with van der Waals surface area (Å²) < 4.78 is 0.392. The Morgan fingerprint density at radius 1 is 1.50 bits per heavy atom. The molecule has 100 valence electrons. The number of nitrogens with two attached hydrogens (primary N) is 1. The summed E-state index contributed by atoms with van der Waals surface area (Å²) in [7, 11) is 0. The van der Waals surface area contributed by atoms with Gasteiger partial charge in [0.05, 0.1) is 0 Å². The molecule has 1 saturated heterocycles. The quantitative estimate of drug-likeness (QED) is 0.910. The van der Waals surface area contributed by atoms with Gasteiger partial charge in [-0.05, 0) is 18.1 Å². The predicted octanol–water partition coefficient (Wildman–Crippen LogP) is 2.30. The Balaban J connectivity index is 2.09. The fourth-order valence-corrected chi connectivity index (χ4v) is 3.53. The van der Waals surface area contributed by atoms with Crippen LogP contribution >= 0.6 is 11.8 Å². The molecule has 3 nitrogen and oxygen atoms in total. The highest BCUT2D eigenvalue weighted by atomic mass is 32.2. The van der Waals surface area contributed by atoms with Gasteiger partial charge in [-0.25, -0.2) is 0 Å². The third kappa shape index (κ3) is 3.46. The summed E-state index contributed by atoms with van der Waals surface area (Å²) in [5.41, 5.74) is 7.22. The zero-order valence-electron chi connectivity index (χ0n) is 11.3. The van der Waals surface area contributed by atoms with Crippen LogP contribution in [0.15, 0.2) is 24.5 Å². The van der Waals surface area contributed by atoms with Gasteiger partial charge in [-0.2, -0.15) is 11.8 Å². The molecule has 1 aliphatic heterocycles. The van der Waals surface area contributed by atoms with E-state index in [2.05, 4.69) is 41.6 Å². The molecule has 2 rings (SSSR count). The van der Waals surface area contributed by atoms with Crippen LogP contribution in [0.1, 0.15) is 31.9 Å². The van der Waals surface area contributed by atoms with E-state index >= 15 is 0 Å². The van der Waals surface area contributed by atoms with Gasteiger partial charge in [-0.3, -0.25) is 9.88 Å². The van der Waals surface area contributed by atoms with Crippen molar-refractivity contribution in [2.24, 2.45) is 5.73 Å². The lowest BCUT2D eigenvalue weighted by Crippen LogP contribution is -2.36. The average molecular weight is 265 g/mol. The van der Waals surface area contributed by atoms with E-state index in [0.29, 0.717) is 17.3 Å². The van der Waals surface area contributed by atoms with Crippen LogP contribution in [0, 0.1) is 0 Å². The van der Waals surface area contributed by atoms with Crippen LogP contribution in [0.4, 0.5) is 0 Å². The molecule has 2 N–H and O–H groups in total. The molecule has 2 heterocycles. The Hall–Kier alpha value is -0.580. The Morgan fingerprint density at radius 2 is 2.33 bits per heavy atom. The van der Waals surface area contributed by atoms with Crippen molar-refractivity contribution in [2.75, 3.05) is 25.4 Å². The Kier molecular flexibility index (Phi) is 4.65. The molecule has 0 aromatic carbocycles. The minimum absolute atomic E-state index is 0.313. The Labute approximate surface area is 114 Å². The summed E-state index contributed by atoms with van der Waals surface area (Å²) in [6.07, 6.45) is 4.98. The Bertz CT molecular complexity index is 367. The van der Waals surface area contributed by atoms with Crippen LogP contribution in [-0.4, -0.2) is 40.0 Å². The maximum absolute atomic E-state index is 5.98. The maximum atomic E-state index is 5.98. The topological polar surface area (TPSA) is 42.1 Å². The maximum Gasteiger partial charge on any atom is 0.0486 e. The third-order valence-electron chi connectivity index (χ3n) is 3.61. The molecule has 4 heteroatoms. The molecular formula is C14H23N3S. The van der Waals surface area contributed by atoms with Gasteiger partial charge in [-0.1, -0.05) is 19.9 Å². The minimum atomic E-state index is 0.313. The summed E-state index contributed by atoms with van der Waals surface area (Å²) in [6, 6.07) is 4.44. The van der Waals surface area contributed by atoms with Gasteiger partial charge in [0.2, 0.25) is 0 Å². The molecular weight excluding hydrogens is 242 g/mol. The van der Waals surface area contributed by atoms with Gasteiger partial charge in [0.25, 0.3) is 0 Å². The molecule has 1 unspecified atom stereocenters. The van der Waals surface area contributed by atoms with Crippen molar-refractivity contribution in [3.8, 4) is 0 Å². The van der Waals surface area contributed by atoms with Crippen LogP contribution in [-0.2, 0) is 0 Å². The smallest absolute Gasteiger partial charge is 0.0486 e. The van der Waals surface area contributed by atoms with Crippen LogP contribution in [0.2, 0.25) is 0 Å². The minimum Gasteiger partial charge on any atom is -0.329 e. The molecule has 0 saturated carbocycles. The summed E-state index contributed by atoms with van der Waals surface area (Å²) >= 11 is 2.07. The van der Waals surface area contributed by atoms with Crippen molar-refractivity contribution < 1.29 is 0 Å². The molecule has 1 aromatic heterocycles. The molecule has 0 amide bonds. The molecule has 0 spiro atoms. The van der Waals surface area contributed by atoms with Crippen molar-refractivity contribution >= 4 is 11.8 Å². The van der Waals surface area contributed by atoms with Crippen LogP contribution < -0.4 is 5.73 Å². The van der Waals surface area contributed by atoms with E-state index in [9.17, 15) is 0 Å². The highest BCUT2D eigenvalue weighted by molar-refractivity contribution is 8.00. The molecule has 0 aliphatic carbocycles. The standard InChI is InChI=1S/C14H23N3S/c1-14(2)5-7-17(8-9-18-14)13(10-15)12-4-3-6-16-11-12/h3-4,6,11,13H,5,7-10,15H2,1-2H3. The first kappa shape index (κ1) is 13.8. The van der Waals surface area contributed by atoms with Gasteiger partial charge in [0.1, 0.15) is 0 Å². The van der Waals surface area contributed by atoms with E-state index in [4.69, 9.17) is 5.73 Å². The SMILES string of the molecule is CC1(C)CCN(C(CN)c2cccnc2)CCS1. The number of aromatic nitrogens is 1. The number of nitrogens with zero attached hydrogens (tertiary/aromatic N) is 2. The van der Waals surface area contributed by atoms with Gasteiger partial charge in [0, 0.05) is 48.6 Å². The van der Waals surface area contributed by atoms with Crippen molar-refractivity contribution in [1.82, 2.24) is 9.88 Å². The van der Waals surface area contributed by atoms with Gasteiger partial charge < -0.3 is 5.73 Å². The van der Waals surface area contributed by atoms with E-state index in [0.717, 1.165) is 13.1 Å². The molecule has 1 fully saturated rings. The van der Waals surface area contributed by atoms with Crippen LogP contribution in [0.3, 0.4) is 0 Å². The first-order valence-electron chi connectivity index (χ1n) is 6.60. The molecule has 18 heavy (non-hydrogen) atoms. The number of hydrogen-bond acceptors (Lipinski definition) is 4.